The number of ether oxygens (including phenoxy) is 1. The van der Waals surface area contributed by atoms with Gasteiger partial charge in [0, 0.05) is 50.4 Å². The molecule has 4 heterocycles. The maximum atomic E-state index is 6.97. The first-order valence-electron chi connectivity index (χ1n) is 18.2. The Morgan fingerprint density at radius 3 is 1.74 bits per heavy atom. The maximum absolute atomic E-state index is 6.97. The fourth-order valence-electron chi connectivity index (χ4n) is 9.26. The molecule has 5 heteroatoms. The van der Waals surface area contributed by atoms with Crippen LogP contribution in [0.15, 0.2) is 182 Å². The molecular weight excluding hydrogens is 645 g/mol. The molecule has 0 atom stereocenters. The van der Waals surface area contributed by atoms with Crippen molar-refractivity contribution in [3.8, 4) is 22.9 Å². The highest BCUT2D eigenvalue weighted by Gasteiger charge is 2.42. The van der Waals surface area contributed by atoms with Crippen LogP contribution in [0.2, 0.25) is 0 Å². The topological polar surface area (TPSA) is 22.3 Å². The Labute approximate surface area is 306 Å². The quantitative estimate of drug-likeness (QED) is 0.173. The molecule has 0 saturated heterocycles. The molecule has 0 radical (unpaired) electrons. The SMILES string of the molecule is c1ccc(N(c2ccccc2)c2cc3c4c(c2)-n2c5ccccc5c5c6c7ccccc7n(-c7ccccc7)c6cc(c52)B4c2ccccc2O3)cc1. The summed E-state index contributed by atoms with van der Waals surface area (Å²) in [5.41, 5.74) is 14.1. The Bertz CT molecular complexity index is 3050. The van der Waals surface area contributed by atoms with Crippen molar-refractivity contribution in [2.24, 2.45) is 0 Å². The lowest BCUT2D eigenvalue weighted by Crippen LogP contribution is -2.58. The molecule has 10 aromatic rings. The number of nitrogens with zero attached hydrogens (tertiary/aromatic N) is 3. The molecule has 0 aliphatic carbocycles. The van der Waals surface area contributed by atoms with E-state index in [2.05, 4.69) is 196 Å². The zero-order valence-electron chi connectivity index (χ0n) is 28.6. The van der Waals surface area contributed by atoms with Crippen molar-refractivity contribution in [1.29, 1.82) is 0 Å². The summed E-state index contributed by atoms with van der Waals surface area (Å²) in [7, 11) is 0. The zero-order valence-corrected chi connectivity index (χ0v) is 28.6. The molecule has 0 saturated carbocycles. The number of fused-ring (bicyclic) bond motifs is 11. The van der Waals surface area contributed by atoms with Crippen LogP contribution < -0.4 is 26.0 Å². The number of rotatable bonds is 4. The van der Waals surface area contributed by atoms with Gasteiger partial charge in [-0.1, -0.05) is 109 Å². The summed E-state index contributed by atoms with van der Waals surface area (Å²) < 4.78 is 11.9. The van der Waals surface area contributed by atoms with Gasteiger partial charge >= 0.3 is 0 Å². The Morgan fingerprint density at radius 2 is 1.02 bits per heavy atom. The van der Waals surface area contributed by atoms with Gasteiger partial charge in [0.2, 0.25) is 0 Å². The highest BCUT2D eigenvalue weighted by molar-refractivity contribution is 6.99. The number of benzene rings is 8. The summed E-state index contributed by atoms with van der Waals surface area (Å²) in [4.78, 5) is 2.34. The van der Waals surface area contributed by atoms with Gasteiger partial charge in [-0.15, -0.1) is 0 Å². The second-order valence-corrected chi connectivity index (χ2v) is 14.1. The minimum Gasteiger partial charge on any atom is -0.458 e. The minimum absolute atomic E-state index is 0.0214. The van der Waals surface area contributed by atoms with E-state index in [-0.39, 0.29) is 6.71 Å². The summed E-state index contributed by atoms with van der Waals surface area (Å²) in [6, 6.07) is 65.6. The highest BCUT2D eigenvalue weighted by atomic mass is 16.5. The second kappa shape index (κ2) is 10.8. The number of aromatic nitrogens is 2. The van der Waals surface area contributed by atoms with Crippen molar-refractivity contribution in [1.82, 2.24) is 9.13 Å². The minimum atomic E-state index is -0.0214. The van der Waals surface area contributed by atoms with Gasteiger partial charge in [-0.2, -0.15) is 0 Å². The van der Waals surface area contributed by atoms with Gasteiger partial charge < -0.3 is 18.8 Å². The molecule has 2 aliphatic rings. The van der Waals surface area contributed by atoms with E-state index in [0.717, 1.165) is 39.9 Å². The molecule has 4 nitrogen and oxygen atoms in total. The summed E-state index contributed by atoms with van der Waals surface area (Å²) in [6.07, 6.45) is 0. The van der Waals surface area contributed by atoms with E-state index in [0.29, 0.717) is 0 Å². The van der Waals surface area contributed by atoms with E-state index < -0.39 is 0 Å². The van der Waals surface area contributed by atoms with Crippen molar-refractivity contribution in [2.45, 2.75) is 0 Å². The highest BCUT2D eigenvalue weighted by Crippen LogP contribution is 2.46. The molecule has 8 aromatic carbocycles. The van der Waals surface area contributed by atoms with Gasteiger partial charge in [-0.3, -0.25) is 0 Å². The smallest absolute Gasteiger partial charge is 0.256 e. The lowest BCUT2D eigenvalue weighted by atomic mass is 9.34. The Balaban J connectivity index is 1.27. The number of anilines is 3. The molecule has 12 rings (SSSR count). The summed E-state index contributed by atoms with van der Waals surface area (Å²) >= 11 is 0. The van der Waals surface area contributed by atoms with Crippen LogP contribution >= 0.6 is 0 Å². The van der Waals surface area contributed by atoms with Gasteiger partial charge in [0.15, 0.2) is 0 Å². The summed E-state index contributed by atoms with van der Waals surface area (Å²) in [5.74, 6) is 1.79. The molecule has 53 heavy (non-hydrogen) atoms. The van der Waals surface area contributed by atoms with Crippen LogP contribution in [0.25, 0.3) is 55.0 Å². The second-order valence-electron chi connectivity index (χ2n) is 14.1. The standard InChI is InChI=1S/C48H30BN3O/c1-4-16-31(17-5-1)50(32-18-6-2-7-19-32)34-28-42-47-44(29-34)53-43-27-15-12-24-37(43)49(47)38-30-41-45(46-36-23-11-14-26-40(36)52(42)48(38)46)35-22-10-13-25-39(35)51(41)33-20-8-3-9-21-33/h1-30H. The normalized spacial score (nSPS) is 12.6. The zero-order chi connectivity index (χ0) is 34.6. The van der Waals surface area contributed by atoms with Crippen molar-refractivity contribution < 1.29 is 4.74 Å². The van der Waals surface area contributed by atoms with E-state index in [1.807, 2.05) is 0 Å². The molecule has 0 fully saturated rings. The Hall–Kier alpha value is -6.98. The fraction of sp³-hybridized carbons (Fsp3) is 0. The summed E-state index contributed by atoms with van der Waals surface area (Å²) in [6.45, 7) is -0.0214. The van der Waals surface area contributed by atoms with Crippen molar-refractivity contribution >= 4 is 83.8 Å². The molecule has 0 spiro atoms. The van der Waals surface area contributed by atoms with Crippen LogP contribution in [0.4, 0.5) is 17.1 Å². The monoisotopic (exact) mass is 675 g/mol. The average molecular weight is 676 g/mol. The molecule has 2 aliphatic heterocycles. The van der Waals surface area contributed by atoms with E-state index in [4.69, 9.17) is 4.74 Å². The van der Waals surface area contributed by atoms with Crippen LogP contribution in [-0.2, 0) is 0 Å². The third kappa shape index (κ3) is 3.91. The molecule has 246 valence electrons. The lowest BCUT2D eigenvalue weighted by Gasteiger charge is -2.35. The number of hydrogen-bond donors (Lipinski definition) is 0. The van der Waals surface area contributed by atoms with Crippen molar-refractivity contribution in [2.75, 3.05) is 4.90 Å². The van der Waals surface area contributed by atoms with Crippen LogP contribution in [0.3, 0.4) is 0 Å². The van der Waals surface area contributed by atoms with Gasteiger partial charge in [-0.25, -0.2) is 0 Å². The maximum Gasteiger partial charge on any atom is 0.256 e. The third-order valence-corrected chi connectivity index (χ3v) is 11.3. The van der Waals surface area contributed by atoms with Crippen molar-refractivity contribution in [3.63, 3.8) is 0 Å². The van der Waals surface area contributed by atoms with E-state index in [1.54, 1.807) is 0 Å². The van der Waals surface area contributed by atoms with Crippen molar-refractivity contribution in [3.05, 3.63) is 182 Å². The predicted octanol–water partition coefficient (Wildman–Crippen LogP) is 10.3. The van der Waals surface area contributed by atoms with Crippen LogP contribution in [0.5, 0.6) is 11.5 Å². The predicted molar refractivity (Wildman–Crippen MR) is 221 cm³/mol. The van der Waals surface area contributed by atoms with E-state index in [9.17, 15) is 0 Å². The molecule has 0 unspecified atom stereocenters. The number of para-hydroxylation sites is 6. The first-order valence-corrected chi connectivity index (χ1v) is 18.2. The molecule has 0 amide bonds. The first-order chi connectivity index (χ1) is 26.3. The molecule has 0 N–H and O–H groups in total. The molecular formula is C48H30BN3O. The summed E-state index contributed by atoms with van der Waals surface area (Å²) in [5, 5.41) is 5.09. The van der Waals surface area contributed by atoms with E-state index in [1.165, 1.54) is 60.0 Å². The van der Waals surface area contributed by atoms with Gasteiger partial charge in [-0.05, 0) is 83.1 Å². The Morgan fingerprint density at radius 1 is 0.434 bits per heavy atom. The fourth-order valence-corrected chi connectivity index (χ4v) is 9.26. The van der Waals surface area contributed by atoms with Gasteiger partial charge in [0.25, 0.3) is 6.71 Å². The average Bonchev–Trinajstić information content (AvgIpc) is 3.74. The van der Waals surface area contributed by atoms with Gasteiger partial charge in [0.1, 0.15) is 11.5 Å². The third-order valence-electron chi connectivity index (χ3n) is 11.3. The number of hydrogen-bond acceptors (Lipinski definition) is 2. The van der Waals surface area contributed by atoms with Crippen LogP contribution in [0, 0.1) is 0 Å². The largest absolute Gasteiger partial charge is 0.458 e. The van der Waals surface area contributed by atoms with E-state index >= 15 is 0 Å². The molecule has 0 bridgehead atoms. The van der Waals surface area contributed by atoms with Crippen LogP contribution in [0.1, 0.15) is 0 Å². The lowest BCUT2D eigenvalue weighted by molar-refractivity contribution is 0.487. The van der Waals surface area contributed by atoms with Crippen LogP contribution in [-0.4, -0.2) is 15.8 Å². The molecule has 2 aromatic heterocycles. The first kappa shape index (κ1) is 28.7. The van der Waals surface area contributed by atoms with Gasteiger partial charge in [0.05, 0.1) is 27.8 Å². The Kier molecular flexibility index (Phi) is 5.83.